The summed E-state index contributed by atoms with van der Waals surface area (Å²) in [6, 6.07) is 7.79. The number of hydrogen-bond acceptors (Lipinski definition) is 4. The largest absolute Gasteiger partial charge is 0.507 e. The second kappa shape index (κ2) is 6.72. The van der Waals surface area contributed by atoms with Crippen LogP contribution < -0.4 is 10.2 Å². The van der Waals surface area contributed by atoms with Crippen LogP contribution in [0.3, 0.4) is 0 Å². The molecule has 0 unspecified atom stereocenters. The number of phenolic OH excluding ortho intramolecular Hbond substituents is 1. The molecule has 1 fully saturated rings. The molecule has 4 amide bonds. The highest BCUT2D eigenvalue weighted by molar-refractivity contribution is 6.39. The van der Waals surface area contributed by atoms with Gasteiger partial charge in [-0.15, -0.1) is 0 Å². The van der Waals surface area contributed by atoms with Crippen LogP contribution in [0.5, 0.6) is 5.75 Å². The molecule has 1 saturated heterocycles. The lowest BCUT2D eigenvalue weighted by molar-refractivity contribution is -0.122. The second-order valence-electron chi connectivity index (χ2n) is 6.73. The molecule has 0 radical (unpaired) electrons. The third-order valence-electron chi connectivity index (χ3n) is 4.67. The van der Waals surface area contributed by atoms with E-state index in [1.807, 2.05) is 19.9 Å². The highest BCUT2D eigenvalue weighted by atomic mass is 16.3. The number of barbiturate groups is 1. The van der Waals surface area contributed by atoms with Gasteiger partial charge < -0.3 is 5.11 Å². The third-order valence-corrected chi connectivity index (χ3v) is 4.67. The normalized spacial score (nSPS) is 16.1. The summed E-state index contributed by atoms with van der Waals surface area (Å²) in [7, 11) is 0. The number of phenols is 1. The molecule has 0 atom stereocenters. The van der Waals surface area contributed by atoms with Gasteiger partial charge in [0.1, 0.15) is 11.3 Å². The number of rotatable bonds is 2. The highest BCUT2D eigenvalue weighted by Crippen LogP contribution is 2.27. The van der Waals surface area contributed by atoms with Crippen molar-refractivity contribution >= 4 is 29.6 Å². The van der Waals surface area contributed by atoms with Crippen LogP contribution in [0.25, 0.3) is 6.08 Å². The van der Waals surface area contributed by atoms with E-state index >= 15 is 0 Å². The number of aryl methyl sites for hydroxylation is 4. The fourth-order valence-corrected chi connectivity index (χ4v) is 3.00. The van der Waals surface area contributed by atoms with Crippen LogP contribution >= 0.6 is 0 Å². The predicted octanol–water partition coefficient (Wildman–Crippen LogP) is 3.29. The number of nitrogens with zero attached hydrogens (tertiary/aromatic N) is 1. The Morgan fingerprint density at radius 2 is 1.52 bits per heavy atom. The van der Waals surface area contributed by atoms with Gasteiger partial charge >= 0.3 is 6.03 Å². The Labute approximate surface area is 157 Å². The maximum Gasteiger partial charge on any atom is 0.335 e. The first-order chi connectivity index (χ1) is 12.7. The standard InChI is InChI=1S/C21H20N2O4/c1-11-5-6-16(9-12(11)2)23-20(26)17(19(25)22-21(23)27)10-15-7-13(3)18(24)14(4)8-15/h5-10,24H,1-4H3,(H,22,25,27). The van der Waals surface area contributed by atoms with Crippen molar-refractivity contribution in [1.82, 2.24) is 5.32 Å². The number of imide groups is 2. The number of hydrogen-bond donors (Lipinski definition) is 2. The van der Waals surface area contributed by atoms with Gasteiger partial charge in [-0.25, -0.2) is 9.69 Å². The van der Waals surface area contributed by atoms with E-state index in [0.29, 0.717) is 22.4 Å². The van der Waals surface area contributed by atoms with Gasteiger partial charge in [0.15, 0.2) is 0 Å². The maximum absolute atomic E-state index is 12.9. The van der Waals surface area contributed by atoms with Gasteiger partial charge in [-0.05, 0) is 85.9 Å². The van der Waals surface area contributed by atoms with Gasteiger partial charge in [0, 0.05) is 0 Å². The topological polar surface area (TPSA) is 86.7 Å². The number of aromatic hydroxyl groups is 1. The van der Waals surface area contributed by atoms with Crippen molar-refractivity contribution in [3.05, 3.63) is 63.7 Å². The van der Waals surface area contributed by atoms with Crippen LogP contribution in [-0.2, 0) is 9.59 Å². The summed E-state index contributed by atoms with van der Waals surface area (Å²) in [5.74, 6) is -1.26. The quantitative estimate of drug-likeness (QED) is 0.632. The zero-order chi connectivity index (χ0) is 19.9. The fourth-order valence-electron chi connectivity index (χ4n) is 3.00. The monoisotopic (exact) mass is 364 g/mol. The summed E-state index contributed by atoms with van der Waals surface area (Å²) < 4.78 is 0. The number of benzene rings is 2. The van der Waals surface area contributed by atoms with Gasteiger partial charge in [0.2, 0.25) is 0 Å². The number of urea groups is 1. The van der Waals surface area contributed by atoms with Gasteiger partial charge in [-0.3, -0.25) is 14.9 Å². The lowest BCUT2D eigenvalue weighted by atomic mass is 10.0. The Morgan fingerprint density at radius 1 is 0.889 bits per heavy atom. The van der Waals surface area contributed by atoms with E-state index in [0.717, 1.165) is 16.0 Å². The van der Waals surface area contributed by atoms with Crippen molar-refractivity contribution in [2.75, 3.05) is 4.90 Å². The summed E-state index contributed by atoms with van der Waals surface area (Å²) in [5.41, 5.74) is 4.08. The van der Waals surface area contributed by atoms with E-state index in [1.54, 1.807) is 38.1 Å². The molecule has 2 aromatic carbocycles. The number of carbonyl (C=O) groups excluding carboxylic acids is 3. The van der Waals surface area contributed by atoms with Gasteiger partial charge in [-0.2, -0.15) is 0 Å². The van der Waals surface area contributed by atoms with E-state index in [2.05, 4.69) is 5.32 Å². The molecule has 3 rings (SSSR count). The number of carbonyl (C=O) groups is 3. The molecular formula is C21H20N2O4. The lowest BCUT2D eigenvalue weighted by Gasteiger charge is -2.27. The van der Waals surface area contributed by atoms with Crippen molar-refractivity contribution in [1.29, 1.82) is 0 Å². The van der Waals surface area contributed by atoms with Crippen molar-refractivity contribution in [2.45, 2.75) is 27.7 Å². The van der Waals surface area contributed by atoms with Crippen LogP contribution in [0.1, 0.15) is 27.8 Å². The molecule has 0 aromatic heterocycles. The Kier molecular flexibility index (Phi) is 4.57. The van der Waals surface area contributed by atoms with E-state index in [1.165, 1.54) is 6.08 Å². The number of nitrogens with one attached hydrogen (secondary N) is 1. The summed E-state index contributed by atoms with van der Waals surface area (Å²) in [6.07, 6.45) is 1.43. The minimum Gasteiger partial charge on any atom is -0.507 e. The van der Waals surface area contributed by atoms with Crippen LogP contribution in [-0.4, -0.2) is 23.0 Å². The van der Waals surface area contributed by atoms with Gasteiger partial charge in [0.05, 0.1) is 5.69 Å². The number of anilines is 1. The highest BCUT2D eigenvalue weighted by Gasteiger charge is 2.36. The van der Waals surface area contributed by atoms with Gasteiger partial charge in [-0.1, -0.05) is 6.07 Å². The molecule has 1 aliphatic heterocycles. The Bertz CT molecular complexity index is 998. The van der Waals surface area contributed by atoms with Crippen molar-refractivity contribution < 1.29 is 19.5 Å². The second-order valence-corrected chi connectivity index (χ2v) is 6.73. The molecule has 2 N–H and O–H groups in total. The molecule has 0 aliphatic carbocycles. The average molecular weight is 364 g/mol. The molecule has 6 heteroatoms. The van der Waals surface area contributed by atoms with Crippen molar-refractivity contribution in [3.8, 4) is 5.75 Å². The van der Waals surface area contributed by atoms with Crippen molar-refractivity contribution in [2.24, 2.45) is 0 Å². The fraction of sp³-hybridized carbons (Fsp3) is 0.190. The third kappa shape index (κ3) is 3.33. The van der Waals surface area contributed by atoms with E-state index in [9.17, 15) is 19.5 Å². The summed E-state index contributed by atoms with van der Waals surface area (Å²) in [4.78, 5) is 38.4. The minimum absolute atomic E-state index is 0.141. The minimum atomic E-state index is -0.775. The molecule has 0 bridgehead atoms. The van der Waals surface area contributed by atoms with Gasteiger partial charge in [0.25, 0.3) is 11.8 Å². The zero-order valence-corrected chi connectivity index (χ0v) is 15.6. The molecule has 2 aromatic rings. The van der Waals surface area contributed by atoms with Crippen LogP contribution in [0, 0.1) is 27.7 Å². The first-order valence-electron chi connectivity index (χ1n) is 8.48. The molecule has 0 spiro atoms. The molecule has 0 saturated carbocycles. The van der Waals surface area contributed by atoms with E-state index in [4.69, 9.17) is 0 Å². The molecule has 1 aliphatic rings. The Hall–Kier alpha value is -3.41. The first-order valence-corrected chi connectivity index (χ1v) is 8.48. The molecule has 27 heavy (non-hydrogen) atoms. The van der Waals surface area contributed by atoms with E-state index in [-0.39, 0.29) is 11.3 Å². The van der Waals surface area contributed by atoms with Crippen molar-refractivity contribution in [3.63, 3.8) is 0 Å². The molecule has 6 nitrogen and oxygen atoms in total. The van der Waals surface area contributed by atoms with Crippen LogP contribution in [0.2, 0.25) is 0 Å². The van der Waals surface area contributed by atoms with Crippen LogP contribution in [0.4, 0.5) is 10.5 Å². The lowest BCUT2D eigenvalue weighted by Crippen LogP contribution is -2.54. The Balaban J connectivity index is 2.06. The summed E-state index contributed by atoms with van der Waals surface area (Å²) in [6.45, 7) is 7.28. The maximum atomic E-state index is 12.9. The zero-order valence-electron chi connectivity index (χ0n) is 15.6. The molecule has 138 valence electrons. The SMILES string of the molecule is Cc1ccc(N2C(=O)NC(=O)C(=Cc3cc(C)c(O)c(C)c3)C2=O)cc1C. The number of amides is 4. The average Bonchev–Trinajstić information content (AvgIpc) is 2.59. The summed E-state index contributed by atoms with van der Waals surface area (Å²) in [5, 5.41) is 12.1. The van der Waals surface area contributed by atoms with E-state index < -0.39 is 17.8 Å². The molecular weight excluding hydrogens is 344 g/mol. The smallest absolute Gasteiger partial charge is 0.335 e. The first kappa shape index (κ1) is 18.4. The summed E-state index contributed by atoms with van der Waals surface area (Å²) >= 11 is 0. The van der Waals surface area contributed by atoms with Crippen LogP contribution in [0.15, 0.2) is 35.9 Å². The molecule has 1 heterocycles. The predicted molar refractivity (Wildman–Crippen MR) is 102 cm³/mol. The Morgan fingerprint density at radius 3 is 2.11 bits per heavy atom.